The molecule has 0 amide bonds. The normalized spacial score (nSPS) is 33.8. The molecule has 12 heavy (non-hydrogen) atoms. The zero-order chi connectivity index (χ0) is 9.14. The summed E-state index contributed by atoms with van der Waals surface area (Å²) in [6, 6.07) is 0.331. The van der Waals surface area contributed by atoms with Crippen LogP contribution in [-0.4, -0.2) is 17.3 Å². The molecule has 3 N–H and O–H groups in total. The van der Waals surface area contributed by atoms with Crippen molar-refractivity contribution in [3.05, 3.63) is 0 Å². The standard InChI is InChI=1S/C10H21NO/c1-7(2)10(11)8-3-5-9(12)6-4-8/h7-10,12H,3-6,11H2,1-2H3. The van der Waals surface area contributed by atoms with E-state index in [9.17, 15) is 5.11 Å². The summed E-state index contributed by atoms with van der Waals surface area (Å²) in [5.41, 5.74) is 6.06. The van der Waals surface area contributed by atoms with Crippen LogP contribution in [0.3, 0.4) is 0 Å². The highest BCUT2D eigenvalue weighted by Crippen LogP contribution is 2.28. The molecule has 0 heterocycles. The van der Waals surface area contributed by atoms with E-state index in [0.717, 1.165) is 25.7 Å². The number of hydrogen-bond acceptors (Lipinski definition) is 2. The summed E-state index contributed by atoms with van der Waals surface area (Å²) in [4.78, 5) is 0. The van der Waals surface area contributed by atoms with Crippen LogP contribution in [0.5, 0.6) is 0 Å². The summed E-state index contributed by atoms with van der Waals surface area (Å²) in [5, 5.41) is 9.31. The average Bonchev–Trinajstić information content (AvgIpc) is 2.04. The highest BCUT2D eigenvalue weighted by molar-refractivity contribution is 4.81. The number of hydrogen-bond donors (Lipinski definition) is 2. The van der Waals surface area contributed by atoms with Crippen molar-refractivity contribution in [3.8, 4) is 0 Å². The van der Waals surface area contributed by atoms with Crippen LogP contribution in [0.25, 0.3) is 0 Å². The Labute approximate surface area is 75.2 Å². The Morgan fingerprint density at radius 1 is 1.17 bits per heavy atom. The zero-order valence-electron chi connectivity index (χ0n) is 8.16. The molecule has 0 spiro atoms. The molecule has 1 saturated carbocycles. The first-order valence-electron chi connectivity index (χ1n) is 5.05. The summed E-state index contributed by atoms with van der Waals surface area (Å²) in [6.45, 7) is 4.35. The van der Waals surface area contributed by atoms with Crippen molar-refractivity contribution >= 4 is 0 Å². The predicted molar refractivity (Wildman–Crippen MR) is 50.8 cm³/mol. The lowest BCUT2D eigenvalue weighted by Crippen LogP contribution is -2.37. The van der Waals surface area contributed by atoms with E-state index in [-0.39, 0.29) is 6.10 Å². The van der Waals surface area contributed by atoms with Crippen molar-refractivity contribution in [3.63, 3.8) is 0 Å². The molecule has 1 aliphatic rings. The third-order valence-corrected chi connectivity index (χ3v) is 3.06. The van der Waals surface area contributed by atoms with Crippen LogP contribution >= 0.6 is 0 Å². The smallest absolute Gasteiger partial charge is 0.0540 e. The van der Waals surface area contributed by atoms with E-state index in [0.29, 0.717) is 17.9 Å². The van der Waals surface area contributed by atoms with Crippen LogP contribution in [0.15, 0.2) is 0 Å². The summed E-state index contributed by atoms with van der Waals surface area (Å²) < 4.78 is 0. The van der Waals surface area contributed by atoms with E-state index in [1.54, 1.807) is 0 Å². The Bertz CT molecular complexity index is 128. The van der Waals surface area contributed by atoms with Crippen molar-refractivity contribution in [2.45, 2.75) is 51.7 Å². The van der Waals surface area contributed by atoms with Gasteiger partial charge in [-0.3, -0.25) is 0 Å². The van der Waals surface area contributed by atoms with Crippen molar-refractivity contribution in [2.24, 2.45) is 17.6 Å². The molecule has 1 atom stereocenters. The van der Waals surface area contributed by atoms with Crippen LogP contribution in [0.4, 0.5) is 0 Å². The van der Waals surface area contributed by atoms with Gasteiger partial charge in [-0.15, -0.1) is 0 Å². The van der Waals surface area contributed by atoms with Gasteiger partial charge in [0, 0.05) is 6.04 Å². The first-order valence-corrected chi connectivity index (χ1v) is 5.05. The molecule has 2 heteroatoms. The highest BCUT2D eigenvalue weighted by atomic mass is 16.3. The predicted octanol–water partition coefficient (Wildman–Crippen LogP) is 1.52. The molecule has 72 valence electrons. The molecule has 1 aliphatic carbocycles. The minimum Gasteiger partial charge on any atom is -0.393 e. The quantitative estimate of drug-likeness (QED) is 0.661. The van der Waals surface area contributed by atoms with Crippen LogP contribution in [0.1, 0.15) is 39.5 Å². The fraction of sp³-hybridized carbons (Fsp3) is 1.00. The van der Waals surface area contributed by atoms with Gasteiger partial charge in [-0.25, -0.2) is 0 Å². The Balaban J connectivity index is 2.34. The van der Waals surface area contributed by atoms with Gasteiger partial charge in [0.25, 0.3) is 0 Å². The van der Waals surface area contributed by atoms with E-state index in [1.165, 1.54) is 0 Å². The second kappa shape index (κ2) is 4.24. The number of aliphatic hydroxyl groups is 1. The Morgan fingerprint density at radius 2 is 1.67 bits per heavy atom. The maximum Gasteiger partial charge on any atom is 0.0540 e. The molecule has 0 bridgehead atoms. The van der Waals surface area contributed by atoms with Crippen LogP contribution < -0.4 is 5.73 Å². The maximum atomic E-state index is 9.31. The summed E-state index contributed by atoms with van der Waals surface area (Å²) in [7, 11) is 0. The molecule has 1 fully saturated rings. The van der Waals surface area contributed by atoms with E-state index < -0.39 is 0 Å². The molecule has 2 nitrogen and oxygen atoms in total. The van der Waals surface area contributed by atoms with Gasteiger partial charge in [-0.05, 0) is 37.5 Å². The van der Waals surface area contributed by atoms with Gasteiger partial charge >= 0.3 is 0 Å². The lowest BCUT2D eigenvalue weighted by molar-refractivity contribution is 0.0964. The van der Waals surface area contributed by atoms with Crippen molar-refractivity contribution < 1.29 is 5.11 Å². The van der Waals surface area contributed by atoms with Gasteiger partial charge in [0.15, 0.2) is 0 Å². The molecule has 0 aliphatic heterocycles. The minimum atomic E-state index is -0.0550. The first kappa shape index (κ1) is 10.0. The van der Waals surface area contributed by atoms with Gasteiger partial charge in [-0.2, -0.15) is 0 Å². The Morgan fingerprint density at radius 3 is 2.08 bits per heavy atom. The van der Waals surface area contributed by atoms with E-state index >= 15 is 0 Å². The largest absolute Gasteiger partial charge is 0.393 e. The third-order valence-electron chi connectivity index (χ3n) is 3.06. The van der Waals surface area contributed by atoms with Crippen LogP contribution in [0, 0.1) is 11.8 Å². The average molecular weight is 171 g/mol. The number of aliphatic hydroxyl groups excluding tert-OH is 1. The number of nitrogens with two attached hydrogens (primary N) is 1. The number of rotatable bonds is 2. The highest BCUT2D eigenvalue weighted by Gasteiger charge is 2.25. The third kappa shape index (κ3) is 2.46. The maximum absolute atomic E-state index is 9.31. The summed E-state index contributed by atoms with van der Waals surface area (Å²) in [6.07, 6.45) is 4.07. The van der Waals surface area contributed by atoms with Gasteiger partial charge in [0.2, 0.25) is 0 Å². The summed E-state index contributed by atoms with van der Waals surface area (Å²) >= 11 is 0. The monoisotopic (exact) mass is 171 g/mol. The fourth-order valence-electron chi connectivity index (χ4n) is 2.03. The summed E-state index contributed by atoms with van der Waals surface area (Å²) in [5.74, 6) is 1.22. The topological polar surface area (TPSA) is 46.2 Å². The van der Waals surface area contributed by atoms with E-state index in [2.05, 4.69) is 13.8 Å². The Kier molecular flexibility index (Phi) is 3.53. The fourth-order valence-corrected chi connectivity index (χ4v) is 2.03. The lowest BCUT2D eigenvalue weighted by atomic mass is 9.79. The van der Waals surface area contributed by atoms with Gasteiger partial charge < -0.3 is 10.8 Å². The SMILES string of the molecule is CC(C)C(N)C1CCC(O)CC1. The zero-order valence-corrected chi connectivity index (χ0v) is 8.16. The van der Waals surface area contributed by atoms with E-state index in [1.807, 2.05) is 0 Å². The van der Waals surface area contributed by atoms with Crippen molar-refractivity contribution in [1.82, 2.24) is 0 Å². The minimum absolute atomic E-state index is 0.0550. The molecule has 0 saturated heterocycles. The lowest BCUT2D eigenvalue weighted by Gasteiger charge is -2.31. The molecule has 0 aromatic heterocycles. The molecular weight excluding hydrogens is 150 g/mol. The molecule has 0 aromatic rings. The van der Waals surface area contributed by atoms with Crippen LogP contribution in [-0.2, 0) is 0 Å². The van der Waals surface area contributed by atoms with Crippen LogP contribution in [0.2, 0.25) is 0 Å². The Hall–Kier alpha value is -0.0800. The van der Waals surface area contributed by atoms with Gasteiger partial charge in [-0.1, -0.05) is 13.8 Å². The molecular formula is C10H21NO. The molecule has 1 unspecified atom stereocenters. The van der Waals surface area contributed by atoms with Gasteiger partial charge in [0.1, 0.15) is 0 Å². The first-order chi connectivity index (χ1) is 5.61. The second-order valence-electron chi connectivity index (χ2n) is 4.39. The van der Waals surface area contributed by atoms with Gasteiger partial charge in [0.05, 0.1) is 6.10 Å². The second-order valence-corrected chi connectivity index (χ2v) is 4.39. The van der Waals surface area contributed by atoms with Crippen molar-refractivity contribution in [1.29, 1.82) is 0 Å². The molecule has 0 radical (unpaired) electrons. The molecule has 1 rings (SSSR count). The van der Waals surface area contributed by atoms with Crippen molar-refractivity contribution in [2.75, 3.05) is 0 Å². The van der Waals surface area contributed by atoms with E-state index in [4.69, 9.17) is 5.73 Å². The molecule has 0 aromatic carbocycles.